The number of rotatable bonds is 3. The van der Waals surface area contributed by atoms with Crippen LogP contribution in [-0.2, 0) is 6.54 Å². The first-order valence-corrected chi connectivity index (χ1v) is 6.71. The number of aryl methyl sites for hydroxylation is 1. The molecule has 0 aliphatic carbocycles. The Morgan fingerprint density at radius 2 is 2.12 bits per heavy atom. The molecule has 4 nitrogen and oxygen atoms in total. The van der Waals surface area contributed by atoms with Gasteiger partial charge in [0.05, 0.1) is 16.4 Å². The SMILES string of the molecule is CCn1ncc(Br)c1C(O)c1cncc(Br)c1. The van der Waals surface area contributed by atoms with Crippen LogP contribution in [0.4, 0.5) is 0 Å². The maximum Gasteiger partial charge on any atom is 0.123 e. The Bertz CT molecular complexity index is 527. The number of aliphatic hydroxyl groups is 1. The average molecular weight is 361 g/mol. The molecule has 17 heavy (non-hydrogen) atoms. The van der Waals surface area contributed by atoms with Gasteiger partial charge >= 0.3 is 0 Å². The van der Waals surface area contributed by atoms with Crippen LogP contribution < -0.4 is 0 Å². The first kappa shape index (κ1) is 12.7. The van der Waals surface area contributed by atoms with Crippen molar-refractivity contribution in [2.24, 2.45) is 0 Å². The molecule has 2 aromatic heterocycles. The second-order valence-corrected chi connectivity index (χ2v) is 5.30. The molecule has 0 aliphatic heterocycles. The third-order valence-electron chi connectivity index (χ3n) is 2.43. The number of hydrogen-bond donors (Lipinski definition) is 1. The van der Waals surface area contributed by atoms with Crippen LogP contribution in [0.5, 0.6) is 0 Å². The fourth-order valence-corrected chi connectivity index (χ4v) is 2.53. The lowest BCUT2D eigenvalue weighted by atomic mass is 10.1. The lowest BCUT2D eigenvalue weighted by Gasteiger charge is -2.13. The van der Waals surface area contributed by atoms with Crippen LogP contribution in [0.1, 0.15) is 24.3 Å². The fraction of sp³-hybridized carbons (Fsp3) is 0.273. The molecule has 0 saturated heterocycles. The predicted octanol–water partition coefficient (Wildman–Crippen LogP) is 2.90. The van der Waals surface area contributed by atoms with E-state index in [1.165, 1.54) is 0 Å². The Morgan fingerprint density at radius 1 is 1.35 bits per heavy atom. The highest BCUT2D eigenvalue weighted by Gasteiger charge is 2.19. The summed E-state index contributed by atoms with van der Waals surface area (Å²) in [6.45, 7) is 2.69. The summed E-state index contributed by atoms with van der Waals surface area (Å²) >= 11 is 6.74. The van der Waals surface area contributed by atoms with Crippen molar-refractivity contribution in [2.45, 2.75) is 19.6 Å². The van der Waals surface area contributed by atoms with E-state index in [0.29, 0.717) is 6.54 Å². The van der Waals surface area contributed by atoms with Gasteiger partial charge in [0, 0.05) is 29.0 Å². The van der Waals surface area contributed by atoms with Gasteiger partial charge < -0.3 is 5.11 Å². The van der Waals surface area contributed by atoms with Crippen molar-refractivity contribution in [3.8, 4) is 0 Å². The molecule has 0 fully saturated rings. The zero-order valence-corrected chi connectivity index (χ0v) is 12.3. The number of pyridine rings is 1. The molecule has 1 atom stereocenters. The van der Waals surface area contributed by atoms with Crippen molar-refractivity contribution in [1.82, 2.24) is 14.8 Å². The summed E-state index contributed by atoms with van der Waals surface area (Å²) in [5.41, 5.74) is 1.47. The summed E-state index contributed by atoms with van der Waals surface area (Å²) in [6.07, 6.45) is 4.28. The van der Waals surface area contributed by atoms with E-state index in [4.69, 9.17) is 0 Å². The summed E-state index contributed by atoms with van der Waals surface area (Å²) in [7, 11) is 0. The third-order valence-corrected chi connectivity index (χ3v) is 3.48. The number of aliphatic hydroxyl groups excluding tert-OH is 1. The Kier molecular flexibility index (Phi) is 3.96. The van der Waals surface area contributed by atoms with Crippen molar-refractivity contribution in [1.29, 1.82) is 0 Å². The minimum Gasteiger partial charge on any atom is -0.382 e. The van der Waals surface area contributed by atoms with Crippen LogP contribution in [0.2, 0.25) is 0 Å². The van der Waals surface area contributed by atoms with E-state index >= 15 is 0 Å². The first-order chi connectivity index (χ1) is 8.13. The van der Waals surface area contributed by atoms with E-state index in [1.807, 2.05) is 13.0 Å². The summed E-state index contributed by atoms with van der Waals surface area (Å²) < 4.78 is 3.40. The lowest BCUT2D eigenvalue weighted by Crippen LogP contribution is -2.09. The maximum atomic E-state index is 10.3. The van der Waals surface area contributed by atoms with Gasteiger partial charge in [0.2, 0.25) is 0 Å². The van der Waals surface area contributed by atoms with Gasteiger partial charge in [-0.2, -0.15) is 5.10 Å². The summed E-state index contributed by atoms with van der Waals surface area (Å²) in [6, 6.07) is 1.84. The molecule has 0 aliphatic rings. The van der Waals surface area contributed by atoms with E-state index in [1.54, 1.807) is 23.3 Å². The van der Waals surface area contributed by atoms with Gasteiger partial charge in [0.25, 0.3) is 0 Å². The number of aromatic nitrogens is 3. The molecule has 0 saturated carbocycles. The van der Waals surface area contributed by atoms with Crippen molar-refractivity contribution in [3.05, 3.63) is 44.9 Å². The minimum atomic E-state index is -0.739. The van der Waals surface area contributed by atoms with E-state index < -0.39 is 6.10 Å². The van der Waals surface area contributed by atoms with E-state index in [9.17, 15) is 5.11 Å². The van der Waals surface area contributed by atoms with Gasteiger partial charge in [-0.15, -0.1) is 0 Å². The van der Waals surface area contributed by atoms with E-state index in [-0.39, 0.29) is 0 Å². The molecule has 2 heterocycles. The number of hydrogen-bond acceptors (Lipinski definition) is 3. The van der Waals surface area contributed by atoms with Gasteiger partial charge in [-0.05, 0) is 44.8 Å². The van der Waals surface area contributed by atoms with Gasteiger partial charge in [-0.3, -0.25) is 9.67 Å². The van der Waals surface area contributed by atoms with Gasteiger partial charge in [0.15, 0.2) is 0 Å². The standard InChI is InChI=1S/C11H11Br2N3O/c1-2-16-10(9(13)6-15-16)11(17)7-3-8(12)5-14-4-7/h3-6,11,17H,2H2,1H3. The molecule has 2 rings (SSSR count). The Morgan fingerprint density at radius 3 is 2.76 bits per heavy atom. The molecular formula is C11H11Br2N3O. The minimum absolute atomic E-state index is 0.708. The molecule has 0 aromatic carbocycles. The Hall–Kier alpha value is -0.720. The second-order valence-electron chi connectivity index (χ2n) is 3.53. The van der Waals surface area contributed by atoms with Crippen LogP contribution in [0.15, 0.2) is 33.6 Å². The highest BCUT2D eigenvalue weighted by Crippen LogP contribution is 2.29. The fourth-order valence-electron chi connectivity index (χ4n) is 1.63. The number of halogens is 2. The maximum absolute atomic E-state index is 10.3. The molecule has 0 radical (unpaired) electrons. The van der Waals surface area contributed by atoms with Crippen LogP contribution in [0, 0.1) is 0 Å². The van der Waals surface area contributed by atoms with Gasteiger partial charge in [-0.25, -0.2) is 0 Å². The topological polar surface area (TPSA) is 50.9 Å². The molecule has 6 heteroatoms. The monoisotopic (exact) mass is 359 g/mol. The molecule has 0 amide bonds. The van der Waals surface area contributed by atoms with Crippen LogP contribution in [0.3, 0.4) is 0 Å². The largest absolute Gasteiger partial charge is 0.382 e. The normalized spacial score (nSPS) is 12.7. The van der Waals surface area contributed by atoms with Crippen LogP contribution >= 0.6 is 31.9 Å². The Labute approximate surface area is 116 Å². The lowest BCUT2D eigenvalue weighted by molar-refractivity contribution is 0.206. The first-order valence-electron chi connectivity index (χ1n) is 5.13. The molecule has 90 valence electrons. The smallest absolute Gasteiger partial charge is 0.123 e. The summed E-state index contributed by atoms with van der Waals surface area (Å²) in [5.74, 6) is 0. The molecule has 1 unspecified atom stereocenters. The summed E-state index contributed by atoms with van der Waals surface area (Å²) in [4.78, 5) is 4.05. The molecule has 0 bridgehead atoms. The zero-order valence-electron chi connectivity index (χ0n) is 9.14. The zero-order chi connectivity index (χ0) is 12.4. The highest BCUT2D eigenvalue weighted by atomic mass is 79.9. The second kappa shape index (κ2) is 5.29. The van der Waals surface area contributed by atoms with Crippen LogP contribution in [-0.4, -0.2) is 19.9 Å². The summed E-state index contributed by atoms with van der Waals surface area (Å²) in [5, 5.41) is 14.5. The van der Waals surface area contributed by atoms with Crippen LogP contribution in [0.25, 0.3) is 0 Å². The molecular weight excluding hydrogens is 350 g/mol. The van der Waals surface area contributed by atoms with Gasteiger partial charge in [0.1, 0.15) is 6.10 Å². The predicted molar refractivity (Wildman–Crippen MR) is 71.6 cm³/mol. The van der Waals surface area contributed by atoms with Gasteiger partial charge in [-0.1, -0.05) is 0 Å². The van der Waals surface area contributed by atoms with E-state index in [2.05, 4.69) is 41.9 Å². The molecule has 1 N–H and O–H groups in total. The highest BCUT2D eigenvalue weighted by molar-refractivity contribution is 9.10. The van der Waals surface area contributed by atoms with Crippen molar-refractivity contribution in [2.75, 3.05) is 0 Å². The Balaban J connectivity index is 2.43. The van der Waals surface area contributed by atoms with Crippen molar-refractivity contribution >= 4 is 31.9 Å². The average Bonchev–Trinajstić information content (AvgIpc) is 2.69. The quantitative estimate of drug-likeness (QED) is 0.915. The van der Waals surface area contributed by atoms with Crippen molar-refractivity contribution < 1.29 is 5.11 Å². The third kappa shape index (κ3) is 2.59. The van der Waals surface area contributed by atoms with Crippen molar-refractivity contribution in [3.63, 3.8) is 0 Å². The molecule has 0 spiro atoms. The number of nitrogens with zero attached hydrogens (tertiary/aromatic N) is 3. The molecule has 2 aromatic rings. The van der Waals surface area contributed by atoms with E-state index in [0.717, 1.165) is 20.2 Å².